The molecule has 0 saturated carbocycles. The first-order valence-corrected chi connectivity index (χ1v) is 5.55. The van der Waals surface area contributed by atoms with Crippen LogP contribution >= 0.6 is 0 Å². The maximum absolute atomic E-state index is 8.73. The van der Waals surface area contributed by atoms with Crippen molar-refractivity contribution in [3.63, 3.8) is 0 Å². The van der Waals surface area contributed by atoms with Crippen LogP contribution in [0.25, 0.3) is 0 Å². The molecular formula is C10H20N2O2. The second-order valence-electron chi connectivity index (χ2n) is 4.15. The predicted octanol–water partition coefficient (Wildman–Crippen LogP) is -0.615. The molecule has 4 heteroatoms. The van der Waals surface area contributed by atoms with E-state index >= 15 is 0 Å². The standard InChI is InChI=1S/C10H20N2O2/c13-7-1-2-11-3-5-12(6-4-11)10-8-14-9-10/h10,13H,1-9H2. The number of piperazine rings is 1. The molecule has 0 aromatic heterocycles. The highest BCUT2D eigenvalue weighted by atomic mass is 16.5. The van der Waals surface area contributed by atoms with Gasteiger partial charge in [0.25, 0.3) is 0 Å². The van der Waals surface area contributed by atoms with Gasteiger partial charge in [-0.05, 0) is 6.42 Å². The van der Waals surface area contributed by atoms with Crippen LogP contribution in [0.2, 0.25) is 0 Å². The maximum atomic E-state index is 8.73. The molecule has 0 atom stereocenters. The average Bonchev–Trinajstić information content (AvgIpc) is 2.14. The van der Waals surface area contributed by atoms with E-state index in [-0.39, 0.29) is 0 Å². The molecule has 1 N–H and O–H groups in total. The first kappa shape index (κ1) is 10.4. The summed E-state index contributed by atoms with van der Waals surface area (Å²) in [6, 6.07) is 0.690. The Hall–Kier alpha value is -0.160. The summed E-state index contributed by atoms with van der Waals surface area (Å²) in [7, 11) is 0. The highest BCUT2D eigenvalue weighted by molar-refractivity contribution is 4.82. The molecule has 0 bridgehead atoms. The SMILES string of the molecule is OCCCN1CCN(C2COC2)CC1. The van der Waals surface area contributed by atoms with Gasteiger partial charge in [-0.15, -0.1) is 0 Å². The second kappa shape index (κ2) is 5.07. The third-order valence-corrected chi connectivity index (χ3v) is 3.18. The van der Waals surface area contributed by atoms with Crippen LogP contribution in [0, 0.1) is 0 Å². The van der Waals surface area contributed by atoms with E-state index in [1.54, 1.807) is 0 Å². The smallest absolute Gasteiger partial charge is 0.0645 e. The van der Waals surface area contributed by atoms with Crippen LogP contribution in [0.15, 0.2) is 0 Å². The first-order valence-electron chi connectivity index (χ1n) is 5.55. The van der Waals surface area contributed by atoms with Crippen molar-refractivity contribution >= 4 is 0 Å². The molecule has 82 valence electrons. The molecule has 0 aliphatic carbocycles. The zero-order valence-electron chi connectivity index (χ0n) is 8.69. The monoisotopic (exact) mass is 200 g/mol. The van der Waals surface area contributed by atoms with Crippen LogP contribution < -0.4 is 0 Å². The van der Waals surface area contributed by atoms with Crippen LogP contribution in [0.3, 0.4) is 0 Å². The van der Waals surface area contributed by atoms with Crippen LogP contribution in [-0.4, -0.2) is 73.5 Å². The number of nitrogens with zero attached hydrogens (tertiary/aromatic N) is 2. The first-order chi connectivity index (χ1) is 6.90. The number of aliphatic hydroxyl groups excluding tert-OH is 1. The van der Waals surface area contributed by atoms with Crippen LogP contribution in [-0.2, 0) is 4.74 Å². The zero-order valence-corrected chi connectivity index (χ0v) is 8.69. The highest BCUT2D eigenvalue weighted by Gasteiger charge is 2.28. The van der Waals surface area contributed by atoms with Crippen molar-refractivity contribution < 1.29 is 9.84 Å². The van der Waals surface area contributed by atoms with Crippen LogP contribution in [0.4, 0.5) is 0 Å². The lowest BCUT2D eigenvalue weighted by molar-refractivity contribution is -0.0769. The number of rotatable bonds is 4. The fourth-order valence-electron chi connectivity index (χ4n) is 2.08. The van der Waals surface area contributed by atoms with Crippen LogP contribution in [0.1, 0.15) is 6.42 Å². The third kappa shape index (κ3) is 2.45. The Morgan fingerprint density at radius 3 is 2.36 bits per heavy atom. The summed E-state index contributed by atoms with van der Waals surface area (Å²) in [6.07, 6.45) is 0.909. The van der Waals surface area contributed by atoms with Gasteiger partial charge < -0.3 is 14.7 Å². The number of ether oxygens (including phenoxy) is 1. The largest absolute Gasteiger partial charge is 0.396 e. The highest BCUT2D eigenvalue weighted by Crippen LogP contribution is 2.13. The molecule has 2 saturated heterocycles. The molecule has 2 heterocycles. The number of hydrogen-bond donors (Lipinski definition) is 1. The van der Waals surface area contributed by atoms with Gasteiger partial charge in [0.05, 0.1) is 19.3 Å². The summed E-state index contributed by atoms with van der Waals surface area (Å²) in [4.78, 5) is 4.96. The predicted molar refractivity (Wildman–Crippen MR) is 54.3 cm³/mol. The van der Waals surface area contributed by atoms with Crippen molar-refractivity contribution in [3.8, 4) is 0 Å². The summed E-state index contributed by atoms with van der Waals surface area (Å²) in [5.41, 5.74) is 0. The van der Waals surface area contributed by atoms with Gasteiger partial charge >= 0.3 is 0 Å². The fourth-order valence-corrected chi connectivity index (χ4v) is 2.08. The molecule has 4 nitrogen and oxygen atoms in total. The lowest BCUT2D eigenvalue weighted by Crippen LogP contribution is -2.56. The summed E-state index contributed by atoms with van der Waals surface area (Å²) in [6.45, 7) is 7.85. The molecule has 0 amide bonds. The summed E-state index contributed by atoms with van der Waals surface area (Å²) < 4.78 is 5.19. The van der Waals surface area contributed by atoms with E-state index in [0.29, 0.717) is 12.6 Å². The average molecular weight is 200 g/mol. The summed E-state index contributed by atoms with van der Waals surface area (Å²) in [5, 5.41) is 8.73. The van der Waals surface area contributed by atoms with E-state index in [2.05, 4.69) is 9.80 Å². The Morgan fingerprint density at radius 1 is 1.14 bits per heavy atom. The van der Waals surface area contributed by atoms with Crippen molar-refractivity contribution in [1.82, 2.24) is 9.80 Å². The quantitative estimate of drug-likeness (QED) is 0.656. The van der Waals surface area contributed by atoms with Crippen LogP contribution in [0.5, 0.6) is 0 Å². The molecule has 2 aliphatic heterocycles. The second-order valence-corrected chi connectivity index (χ2v) is 4.15. The van der Waals surface area contributed by atoms with Crippen molar-refractivity contribution in [3.05, 3.63) is 0 Å². The summed E-state index contributed by atoms with van der Waals surface area (Å²) in [5.74, 6) is 0. The van der Waals surface area contributed by atoms with Gasteiger partial charge in [-0.25, -0.2) is 0 Å². The zero-order chi connectivity index (χ0) is 9.80. The Balaban J connectivity index is 1.64. The Kier molecular flexibility index (Phi) is 3.75. The van der Waals surface area contributed by atoms with E-state index in [1.807, 2.05) is 0 Å². The van der Waals surface area contributed by atoms with Crippen molar-refractivity contribution in [2.45, 2.75) is 12.5 Å². The van der Waals surface area contributed by atoms with E-state index in [4.69, 9.17) is 9.84 Å². The van der Waals surface area contributed by atoms with Gasteiger partial charge in [-0.3, -0.25) is 4.90 Å². The van der Waals surface area contributed by atoms with Crippen molar-refractivity contribution in [2.24, 2.45) is 0 Å². The molecule has 2 rings (SSSR count). The minimum absolute atomic E-state index is 0.316. The Bertz CT molecular complexity index is 166. The molecule has 2 aliphatic rings. The van der Waals surface area contributed by atoms with Crippen molar-refractivity contribution in [1.29, 1.82) is 0 Å². The molecular weight excluding hydrogens is 180 g/mol. The number of aliphatic hydroxyl groups is 1. The lowest BCUT2D eigenvalue weighted by atomic mass is 10.2. The minimum atomic E-state index is 0.316. The van der Waals surface area contributed by atoms with Gasteiger partial charge in [0, 0.05) is 39.3 Å². The van der Waals surface area contributed by atoms with Gasteiger partial charge in [-0.2, -0.15) is 0 Å². The van der Waals surface area contributed by atoms with Crippen molar-refractivity contribution in [2.75, 3.05) is 52.5 Å². The third-order valence-electron chi connectivity index (χ3n) is 3.18. The molecule has 0 aromatic rings. The van der Waals surface area contributed by atoms with Gasteiger partial charge in [0.2, 0.25) is 0 Å². The summed E-state index contributed by atoms with van der Waals surface area (Å²) >= 11 is 0. The van der Waals surface area contributed by atoms with Gasteiger partial charge in [-0.1, -0.05) is 0 Å². The van der Waals surface area contributed by atoms with E-state index in [9.17, 15) is 0 Å². The normalized spacial score (nSPS) is 26.4. The van der Waals surface area contributed by atoms with E-state index in [0.717, 1.165) is 39.3 Å². The Morgan fingerprint density at radius 2 is 1.86 bits per heavy atom. The van der Waals surface area contributed by atoms with E-state index in [1.165, 1.54) is 13.1 Å². The molecule has 0 radical (unpaired) electrons. The molecule has 0 aromatic carbocycles. The van der Waals surface area contributed by atoms with Gasteiger partial charge in [0.1, 0.15) is 0 Å². The van der Waals surface area contributed by atoms with Gasteiger partial charge in [0.15, 0.2) is 0 Å². The number of hydrogen-bond acceptors (Lipinski definition) is 4. The maximum Gasteiger partial charge on any atom is 0.0645 e. The lowest BCUT2D eigenvalue weighted by Gasteiger charge is -2.42. The fraction of sp³-hybridized carbons (Fsp3) is 1.00. The van der Waals surface area contributed by atoms with E-state index < -0.39 is 0 Å². The molecule has 0 spiro atoms. The molecule has 14 heavy (non-hydrogen) atoms. The topological polar surface area (TPSA) is 35.9 Å². The molecule has 0 unspecified atom stereocenters. The molecule has 2 fully saturated rings. The Labute approximate surface area is 85.4 Å². The minimum Gasteiger partial charge on any atom is -0.396 e.